The highest BCUT2D eigenvalue weighted by atomic mass is 16.5. The van der Waals surface area contributed by atoms with Crippen molar-refractivity contribution in [2.75, 3.05) is 27.4 Å². The largest absolute Gasteiger partial charge is 0.465 e. The van der Waals surface area contributed by atoms with Gasteiger partial charge in [0.15, 0.2) is 0 Å². The van der Waals surface area contributed by atoms with Gasteiger partial charge in [-0.25, -0.2) is 19.6 Å². The number of carbonyl (C=O) groups excluding carboxylic acids is 3. The maximum absolute atomic E-state index is 14.6. The number of carbonyl (C=O) groups is 4. The average Bonchev–Trinajstić information content (AvgIpc) is 4.34. The second-order valence-electron chi connectivity index (χ2n) is 21.7. The van der Waals surface area contributed by atoms with Crippen molar-refractivity contribution in [2.45, 2.75) is 137 Å². The van der Waals surface area contributed by atoms with Crippen LogP contribution in [0.1, 0.15) is 112 Å². The highest BCUT2D eigenvalue weighted by molar-refractivity contribution is 5.88. The lowest BCUT2D eigenvalue weighted by Gasteiger charge is -2.40. The fourth-order valence-corrected chi connectivity index (χ4v) is 13.3. The number of ether oxygens (including phenoxy) is 3. The van der Waals surface area contributed by atoms with E-state index in [1.54, 1.807) is 0 Å². The van der Waals surface area contributed by atoms with Crippen LogP contribution in [0, 0.1) is 23.7 Å². The number of alkyl carbamates (subject to hydrolysis) is 1. The predicted molar refractivity (Wildman–Crippen MR) is 247 cm³/mol. The summed E-state index contributed by atoms with van der Waals surface area (Å²) < 4.78 is 17.2. The molecule has 5 aliphatic carbocycles. The third kappa shape index (κ3) is 7.22. The first-order valence-corrected chi connectivity index (χ1v) is 25.1. The third-order valence-electron chi connectivity index (χ3n) is 17.6. The molecule has 68 heavy (non-hydrogen) atoms. The van der Waals surface area contributed by atoms with E-state index in [1.807, 2.05) is 16.0 Å². The normalized spacial score (nSPS) is 30.4. The molecule has 2 aromatic heterocycles. The minimum absolute atomic E-state index is 0.0127. The number of carboxylic acid groups (broad SMARTS) is 1. The minimum atomic E-state index is -1.08. The SMILES string of the molecule is COC(=O)NC(C(=O)N1[C@@H]2C[C@H]2C[C@H]1c1nc2c([nH]1)CCc1cc(-c3ccc(-c4cnc([C@@H]5C[C@H]6C[C@H]6N5C(=O)C(C5CCOC6(CC6)C5)N(C)C(=O)O)[nH]4)cc3)ccc1-2)C1CCOC2(CC2)C1. The summed E-state index contributed by atoms with van der Waals surface area (Å²) in [7, 11) is 2.88. The van der Waals surface area contributed by atoms with Crippen LogP contribution in [0.25, 0.3) is 33.6 Å². The van der Waals surface area contributed by atoms with Gasteiger partial charge >= 0.3 is 12.2 Å². The highest BCUT2D eigenvalue weighted by Crippen LogP contribution is 2.57. The standard InChI is InChI=1S/C52H60N8O8/c1-58(50(64)65)44(32-12-18-68-52(25-32)15-16-52)48(62)60-39-21-33(39)22-40(60)45-53-26-37(55-45)28-5-3-27(4-6-28)29-7-9-35-30(19-29)8-10-36-43(35)56-46(54-36)41-23-34-20-38(34)59(41)47(61)42(57-49(63)66-2)31-11-17-67-51(24-31)13-14-51/h3-7,9,19,26,31-34,38-42,44H,8,10-18,20-25H2,1-2H3,(H,53,55)(H,54,56)(H,57,63)(H,64,65)/t31?,32?,33-,34+,38-,39-,40+,41+,42?,44?/m1/s1. The minimum Gasteiger partial charge on any atom is -0.465 e. The van der Waals surface area contributed by atoms with Crippen molar-refractivity contribution in [3.8, 4) is 33.6 Å². The van der Waals surface area contributed by atoms with Gasteiger partial charge in [-0.1, -0.05) is 42.5 Å². The number of aromatic amines is 2. The van der Waals surface area contributed by atoms with Crippen LogP contribution in [0.4, 0.5) is 9.59 Å². The van der Waals surface area contributed by atoms with Gasteiger partial charge in [0.25, 0.3) is 0 Å². The predicted octanol–water partition coefficient (Wildman–Crippen LogP) is 7.18. The summed E-state index contributed by atoms with van der Waals surface area (Å²) in [6, 6.07) is 13.5. The molecule has 6 heterocycles. The smallest absolute Gasteiger partial charge is 0.407 e. The highest BCUT2D eigenvalue weighted by Gasteiger charge is 2.60. The van der Waals surface area contributed by atoms with Gasteiger partial charge in [-0.2, -0.15) is 0 Å². The van der Waals surface area contributed by atoms with E-state index >= 15 is 0 Å². The van der Waals surface area contributed by atoms with Crippen molar-refractivity contribution >= 4 is 24.0 Å². The Kier molecular flexibility index (Phi) is 9.75. The molecule has 16 nitrogen and oxygen atoms in total. The van der Waals surface area contributed by atoms with Gasteiger partial charge < -0.3 is 44.4 Å². The van der Waals surface area contributed by atoms with Gasteiger partial charge in [0, 0.05) is 43.6 Å². The maximum Gasteiger partial charge on any atom is 0.407 e. The number of benzene rings is 2. The molecule has 4 saturated heterocycles. The van der Waals surface area contributed by atoms with Crippen LogP contribution in [-0.4, -0.2) is 126 Å². The number of nitrogens with zero attached hydrogens (tertiary/aromatic N) is 5. The summed E-state index contributed by atoms with van der Waals surface area (Å²) in [6.45, 7) is 1.15. The zero-order valence-corrected chi connectivity index (χ0v) is 38.7. The Bertz CT molecular complexity index is 2710. The topological polar surface area (TPSA) is 195 Å². The molecule has 0 bridgehead atoms. The lowest BCUT2D eigenvalue weighted by molar-refractivity contribution is -0.143. The van der Waals surface area contributed by atoms with Crippen LogP contribution in [0.15, 0.2) is 48.7 Å². The second-order valence-corrected chi connectivity index (χ2v) is 21.7. The molecule has 4 N–H and O–H groups in total. The molecule has 4 amide bonds. The Hall–Kier alpha value is -5.74. The first-order valence-electron chi connectivity index (χ1n) is 25.1. The molecule has 9 aliphatic rings. The molecule has 8 fully saturated rings. The molecule has 356 valence electrons. The Labute approximate surface area is 394 Å². The quantitative estimate of drug-likeness (QED) is 0.127. The van der Waals surface area contributed by atoms with Gasteiger partial charge in [-0.3, -0.25) is 14.5 Å². The first-order chi connectivity index (χ1) is 33.0. The van der Waals surface area contributed by atoms with Crippen molar-refractivity contribution in [1.82, 2.24) is 40.0 Å². The molecule has 0 radical (unpaired) electrons. The molecule has 2 aromatic carbocycles. The first kappa shape index (κ1) is 42.4. The van der Waals surface area contributed by atoms with Gasteiger partial charge in [0.1, 0.15) is 23.7 Å². The molecular weight excluding hydrogens is 865 g/mol. The number of hydrogen-bond donors (Lipinski definition) is 4. The van der Waals surface area contributed by atoms with E-state index in [2.05, 4.69) is 57.7 Å². The van der Waals surface area contributed by atoms with E-state index in [0.717, 1.165) is 134 Å². The van der Waals surface area contributed by atoms with E-state index < -0.39 is 24.3 Å². The molecule has 4 saturated carbocycles. The molecule has 4 aliphatic heterocycles. The van der Waals surface area contributed by atoms with Crippen molar-refractivity contribution in [3.05, 3.63) is 71.6 Å². The molecule has 16 heteroatoms. The average molecular weight is 925 g/mol. The fourth-order valence-electron chi connectivity index (χ4n) is 13.3. The van der Waals surface area contributed by atoms with E-state index in [-0.39, 0.29) is 59.0 Å². The van der Waals surface area contributed by atoms with Crippen LogP contribution in [0.3, 0.4) is 0 Å². The number of aromatic nitrogens is 4. The van der Waals surface area contributed by atoms with Gasteiger partial charge in [-0.15, -0.1) is 0 Å². The van der Waals surface area contributed by atoms with Crippen LogP contribution in [0.5, 0.6) is 0 Å². The number of H-pyrrole nitrogens is 2. The number of imidazole rings is 2. The summed E-state index contributed by atoms with van der Waals surface area (Å²) in [5, 5.41) is 13.1. The Morgan fingerprint density at radius 3 is 2.12 bits per heavy atom. The van der Waals surface area contributed by atoms with Gasteiger partial charge in [0.05, 0.1) is 48.0 Å². The molecule has 10 atom stereocenters. The third-order valence-corrected chi connectivity index (χ3v) is 17.6. The van der Waals surface area contributed by atoms with Crippen LogP contribution < -0.4 is 5.32 Å². The fraction of sp³-hybridized carbons (Fsp3) is 0.577. The Balaban J connectivity index is 0.708. The Morgan fingerprint density at radius 2 is 1.44 bits per heavy atom. The Morgan fingerprint density at radius 1 is 0.809 bits per heavy atom. The van der Waals surface area contributed by atoms with E-state index in [4.69, 9.17) is 24.2 Å². The number of likely N-dealkylation sites (N-methyl/N-ethyl adjacent to an activating group) is 1. The maximum atomic E-state index is 14.6. The van der Waals surface area contributed by atoms with Crippen LogP contribution in [-0.2, 0) is 36.6 Å². The molecule has 2 spiro atoms. The van der Waals surface area contributed by atoms with Crippen LogP contribution >= 0.6 is 0 Å². The summed E-state index contributed by atoms with van der Waals surface area (Å²) in [4.78, 5) is 76.7. The zero-order valence-electron chi connectivity index (χ0n) is 38.7. The van der Waals surface area contributed by atoms with Crippen molar-refractivity contribution in [2.24, 2.45) is 23.7 Å². The molecule has 4 unspecified atom stereocenters. The number of nitrogens with one attached hydrogen (secondary N) is 3. The summed E-state index contributed by atoms with van der Waals surface area (Å²) in [5.74, 6) is 2.17. The number of rotatable bonds is 10. The summed E-state index contributed by atoms with van der Waals surface area (Å²) in [5.41, 5.74) is 8.16. The van der Waals surface area contributed by atoms with E-state index in [0.29, 0.717) is 31.5 Å². The number of aryl methyl sites for hydroxylation is 2. The summed E-state index contributed by atoms with van der Waals surface area (Å²) >= 11 is 0. The second kappa shape index (κ2) is 15.6. The van der Waals surface area contributed by atoms with Gasteiger partial charge in [0.2, 0.25) is 11.8 Å². The zero-order chi connectivity index (χ0) is 46.2. The number of fused-ring (bicyclic) bond motifs is 5. The summed E-state index contributed by atoms with van der Waals surface area (Å²) in [6.07, 6.45) is 12.3. The lowest BCUT2D eigenvalue weighted by Crippen LogP contribution is -2.55. The van der Waals surface area contributed by atoms with Crippen molar-refractivity contribution < 1.29 is 38.5 Å². The van der Waals surface area contributed by atoms with E-state index in [9.17, 15) is 24.3 Å². The molecule has 13 rings (SSSR count). The van der Waals surface area contributed by atoms with Gasteiger partial charge in [-0.05, 0) is 136 Å². The van der Waals surface area contributed by atoms with Crippen molar-refractivity contribution in [1.29, 1.82) is 0 Å². The molecular formula is C52H60N8O8. The number of methoxy groups -OCH3 is 1. The number of likely N-dealkylation sites (tertiary alicyclic amines) is 2. The number of piperidine rings is 2. The number of hydrogen-bond acceptors (Lipinski definition) is 9. The van der Waals surface area contributed by atoms with E-state index in [1.165, 1.54) is 24.6 Å². The monoisotopic (exact) mass is 924 g/mol. The lowest BCUT2D eigenvalue weighted by atomic mass is 9.85. The number of amides is 4. The van der Waals surface area contributed by atoms with Crippen LogP contribution in [0.2, 0.25) is 0 Å². The van der Waals surface area contributed by atoms with Crippen molar-refractivity contribution in [3.63, 3.8) is 0 Å². The molecule has 4 aromatic rings.